The van der Waals surface area contributed by atoms with Crippen LogP contribution in [0, 0.1) is 0 Å². The Morgan fingerprint density at radius 1 is 1.12 bits per heavy atom. The molecule has 1 saturated carbocycles. The minimum Gasteiger partial charge on any atom is -0.493 e. The van der Waals surface area contributed by atoms with Crippen molar-refractivity contribution in [1.82, 2.24) is 4.98 Å². The first-order chi connectivity index (χ1) is 15.9. The van der Waals surface area contributed by atoms with Gasteiger partial charge in [0.1, 0.15) is 6.10 Å². The van der Waals surface area contributed by atoms with Gasteiger partial charge in [-0.05, 0) is 56.0 Å². The van der Waals surface area contributed by atoms with E-state index in [1.807, 2.05) is 19.1 Å². The van der Waals surface area contributed by atoms with E-state index >= 15 is 0 Å². The molecule has 1 aliphatic heterocycles. The maximum Gasteiger partial charge on any atom is 0.339 e. The Labute approximate surface area is 192 Å². The summed E-state index contributed by atoms with van der Waals surface area (Å²) in [6, 6.07) is 7.45. The topological polar surface area (TPSA) is 96.3 Å². The zero-order valence-corrected chi connectivity index (χ0v) is 19.3. The monoisotopic (exact) mass is 452 g/mol. The Morgan fingerprint density at radius 2 is 1.94 bits per heavy atom. The fourth-order valence-electron chi connectivity index (χ4n) is 4.67. The Hall–Kier alpha value is -3.42. The highest BCUT2D eigenvalue weighted by Gasteiger charge is 2.39. The highest BCUT2D eigenvalue weighted by atomic mass is 16.5. The molecule has 4 rings (SSSR count). The first kappa shape index (κ1) is 22.8. The summed E-state index contributed by atoms with van der Waals surface area (Å²) in [6.07, 6.45) is 3.61. The third kappa shape index (κ3) is 4.55. The third-order valence-electron chi connectivity index (χ3n) is 6.11. The standard InChI is InChI=1S/C25H28N2O6/c1-5-32-23-11-17-18-10-16(33-14(2)28)7-9-20(18)27-24(19(17)12-22(23)30-3)21-8-6-15(13-26-21)25(29)31-4/h6,8,11-13,16,18,20H,5,7,9-10H2,1-4H3/t16-,18-,20-/m1/s1. The van der Waals surface area contributed by atoms with Crippen LogP contribution in [0.2, 0.25) is 0 Å². The van der Waals surface area contributed by atoms with Crippen LogP contribution in [0.5, 0.6) is 11.5 Å². The number of hydrogen-bond donors (Lipinski definition) is 0. The third-order valence-corrected chi connectivity index (χ3v) is 6.11. The number of fused-ring (bicyclic) bond motifs is 3. The second-order valence-corrected chi connectivity index (χ2v) is 8.14. The highest BCUT2D eigenvalue weighted by Crippen LogP contribution is 2.45. The van der Waals surface area contributed by atoms with Gasteiger partial charge in [0.25, 0.3) is 0 Å². The highest BCUT2D eigenvalue weighted by molar-refractivity contribution is 6.14. The first-order valence-corrected chi connectivity index (χ1v) is 11.1. The molecule has 2 aliphatic rings. The molecular weight excluding hydrogens is 424 g/mol. The van der Waals surface area contributed by atoms with Crippen molar-refractivity contribution in [1.29, 1.82) is 0 Å². The lowest BCUT2D eigenvalue weighted by Crippen LogP contribution is -2.36. The summed E-state index contributed by atoms with van der Waals surface area (Å²) >= 11 is 0. The normalized spacial score (nSPS) is 21.2. The quantitative estimate of drug-likeness (QED) is 0.617. The van der Waals surface area contributed by atoms with Gasteiger partial charge in [0, 0.05) is 24.6 Å². The van der Waals surface area contributed by atoms with E-state index in [2.05, 4.69) is 4.98 Å². The van der Waals surface area contributed by atoms with Crippen molar-refractivity contribution in [3.05, 3.63) is 52.8 Å². The maximum atomic E-state index is 11.8. The number of carbonyl (C=O) groups is 2. The zero-order chi connectivity index (χ0) is 23.5. The van der Waals surface area contributed by atoms with Crippen LogP contribution in [0.3, 0.4) is 0 Å². The number of rotatable bonds is 6. The zero-order valence-electron chi connectivity index (χ0n) is 19.3. The molecule has 0 bridgehead atoms. The fourth-order valence-corrected chi connectivity index (χ4v) is 4.67. The van der Waals surface area contributed by atoms with E-state index in [0.717, 1.165) is 29.7 Å². The maximum absolute atomic E-state index is 11.8. The molecule has 8 nitrogen and oxygen atoms in total. The molecule has 8 heteroatoms. The Balaban J connectivity index is 1.79. The molecule has 0 amide bonds. The van der Waals surface area contributed by atoms with Crippen molar-refractivity contribution in [2.45, 2.75) is 51.2 Å². The lowest BCUT2D eigenvalue weighted by molar-refractivity contribution is -0.148. The first-order valence-electron chi connectivity index (χ1n) is 11.1. The summed E-state index contributed by atoms with van der Waals surface area (Å²) in [5, 5.41) is 0. The molecule has 1 aromatic carbocycles. The molecule has 33 heavy (non-hydrogen) atoms. The summed E-state index contributed by atoms with van der Waals surface area (Å²) in [5.74, 6) is 0.661. The van der Waals surface area contributed by atoms with E-state index < -0.39 is 5.97 Å². The molecule has 0 unspecified atom stereocenters. The van der Waals surface area contributed by atoms with Crippen LogP contribution < -0.4 is 9.47 Å². The number of hydrogen-bond acceptors (Lipinski definition) is 8. The van der Waals surface area contributed by atoms with Crippen LogP contribution in [0.25, 0.3) is 0 Å². The number of nitrogens with zero attached hydrogens (tertiary/aromatic N) is 2. The number of ether oxygens (including phenoxy) is 4. The lowest BCUT2D eigenvalue weighted by atomic mass is 9.74. The summed E-state index contributed by atoms with van der Waals surface area (Å²) in [6.45, 7) is 3.88. The van der Waals surface area contributed by atoms with Crippen LogP contribution in [-0.2, 0) is 14.3 Å². The molecule has 174 valence electrons. The van der Waals surface area contributed by atoms with E-state index in [9.17, 15) is 9.59 Å². The van der Waals surface area contributed by atoms with Gasteiger partial charge in [-0.25, -0.2) is 4.79 Å². The average molecular weight is 453 g/mol. The van der Waals surface area contributed by atoms with Crippen molar-refractivity contribution < 1.29 is 28.5 Å². The van der Waals surface area contributed by atoms with Gasteiger partial charge in [0.15, 0.2) is 11.5 Å². The predicted octanol–water partition coefficient (Wildman–Crippen LogP) is 3.69. The summed E-state index contributed by atoms with van der Waals surface area (Å²) in [7, 11) is 2.94. The van der Waals surface area contributed by atoms with Crippen LogP contribution in [0.4, 0.5) is 0 Å². The molecule has 0 N–H and O–H groups in total. The largest absolute Gasteiger partial charge is 0.493 e. The summed E-state index contributed by atoms with van der Waals surface area (Å²) in [5.41, 5.74) is 3.76. The molecule has 0 saturated heterocycles. The Kier molecular flexibility index (Phi) is 6.62. The van der Waals surface area contributed by atoms with E-state index in [1.165, 1.54) is 20.2 Å². The van der Waals surface area contributed by atoms with Gasteiger partial charge in [-0.15, -0.1) is 0 Å². The smallest absolute Gasteiger partial charge is 0.339 e. The number of aliphatic imine (C=N–C) groups is 1. The van der Waals surface area contributed by atoms with Crippen molar-refractivity contribution in [3.63, 3.8) is 0 Å². The van der Waals surface area contributed by atoms with Crippen molar-refractivity contribution in [3.8, 4) is 11.5 Å². The van der Waals surface area contributed by atoms with E-state index in [-0.39, 0.29) is 24.0 Å². The lowest BCUT2D eigenvalue weighted by Gasteiger charge is -2.38. The second-order valence-electron chi connectivity index (χ2n) is 8.14. The number of carbonyl (C=O) groups excluding carboxylic acids is 2. The van der Waals surface area contributed by atoms with E-state index in [4.69, 9.17) is 23.9 Å². The molecule has 0 spiro atoms. The Bertz CT molecular complexity index is 1080. The van der Waals surface area contributed by atoms with Gasteiger partial charge in [-0.3, -0.25) is 14.8 Å². The Morgan fingerprint density at radius 3 is 2.58 bits per heavy atom. The predicted molar refractivity (Wildman–Crippen MR) is 121 cm³/mol. The van der Waals surface area contributed by atoms with Crippen LogP contribution in [0.1, 0.15) is 66.2 Å². The molecule has 1 aromatic heterocycles. The minimum atomic E-state index is -0.438. The average Bonchev–Trinajstić information content (AvgIpc) is 2.82. The number of esters is 2. The number of pyridine rings is 1. The molecule has 1 fully saturated rings. The number of aromatic nitrogens is 1. The number of benzene rings is 1. The second kappa shape index (κ2) is 9.60. The van der Waals surface area contributed by atoms with Crippen LogP contribution in [0.15, 0.2) is 35.5 Å². The van der Waals surface area contributed by atoms with Gasteiger partial charge < -0.3 is 18.9 Å². The molecule has 2 heterocycles. The molecule has 0 radical (unpaired) electrons. The molecular formula is C25H28N2O6. The summed E-state index contributed by atoms with van der Waals surface area (Å²) in [4.78, 5) is 32.9. The molecule has 3 atom stereocenters. The fraction of sp³-hybridized carbons (Fsp3) is 0.440. The van der Waals surface area contributed by atoms with Gasteiger partial charge >= 0.3 is 11.9 Å². The van der Waals surface area contributed by atoms with Crippen molar-refractivity contribution in [2.24, 2.45) is 4.99 Å². The van der Waals surface area contributed by atoms with Crippen LogP contribution >= 0.6 is 0 Å². The minimum absolute atomic E-state index is 0.0317. The van der Waals surface area contributed by atoms with Crippen LogP contribution in [-0.4, -0.2) is 55.6 Å². The van der Waals surface area contributed by atoms with E-state index in [0.29, 0.717) is 35.8 Å². The van der Waals surface area contributed by atoms with Gasteiger partial charge in [-0.1, -0.05) is 0 Å². The molecule has 1 aliphatic carbocycles. The molecule has 2 aromatic rings. The van der Waals surface area contributed by atoms with Crippen molar-refractivity contribution in [2.75, 3.05) is 20.8 Å². The SMILES string of the molecule is CCOc1cc2c(cc1OC)C(c1ccc(C(=O)OC)cn1)=N[C@@H]1CC[C@@H](OC(C)=O)C[C@H]21. The number of methoxy groups -OCH3 is 2. The van der Waals surface area contributed by atoms with Gasteiger partial charge in [0.2, 0.25) is 0 Å². The van der Waals surface area contributed by atoms with Crippen molar-refractivity contribution >= 4 is 17.7 Å². The summed E-state index contributed by atoms with van der Waals surface area (Å²) < 4.78 is 21.7. The van der Waals surface area contributed by atoms with Gasteiger partial charge in [-0.2, -0.15) is 0 Å². The van der Waals surface area contributed by atoms with E-state index in [1.54, 1.807) is 19.2 Å². The van der Waals surface area contributed by atoms with Gasteiger partial charge in [0.05, 0.1) is 43.8 Å².